The van der Waals surface area contributed by atoms with Gasteiger partial charge in [-0.3, -0.25) is 14.9 Å². The van der Waals surface area contributed by atoms with Crippen LogP contribution < -0.4 is 11.1 Å². The molecule has 2 heterocycles. The average molecular weight is 461 g/mol. The van der Waals surface area contributed by atoms with Gasteiger partial charge in [0.15, 0.2) is 5.96 Å². The van der Waals surface area contributed by atoms with Crippen LogP contribution in [0.4, 0.5) is 0 Å². The van der Waals surface area contributed by atoms with E-state index < -0.39 is 0 Å². The number of halogens is 1. The third kappa shape index (κ3) is 7.45. The molecule has 2 atom stereocenters. The second kappa shape index (κ2) is 10.3. The van der Waals surface area contributed by atoms with Crippen LogP contribution in [0, 0.1) is 0 Å². The van der Waals surface area contributed by atoms with Crippen LogP contribution >= 0.6 is 24.0 Å². The minimum absolute atomic E-state index is 0. The summed E-state index contributed by atoms with van der Waals surface area (Å²) < 4.78 is 5.81. The van der Waals surface area contributed by atoms with E-state index in [0.717, 1.165) is 31.7 Å². The van der Waals surface area contributed by atoms with Crippen molar-refractivity contribution >= 4 is 29.9 Å². The Labute approximate surface area is 168 Å². The van der Waals surface area contributed by atoms with Gasteiger partial charge >= 0.3 is 0 Å². The second-order valence-corrected chi connectivity index (χ2v) is 7.17. The van der Waals surface area contributed by atoms with Gasteiger partial charge in [0, 0.05) is 43.5 Å². The first-order chi connectivity index (χ1) is 11.4. The highest BCUT2D eigenvalue weighted by Crippen LogP contribution is 2.21. The standard InChI is InChI=1S/C18H31N5O.HI/c1-14-11-23(12-15(2)24-14)18(3,4)13-22-17(19)21-10-8-16-7-5-6-9-20-16;/h5-7,9,14-15H,8,10-13H2,1-4H3,(H3,19,21,22);1H. The number of rotatable bonds is 6. The summed E-state index contributed by atoms with van der Waals surface area (Å²) in [7, 11) is 0. The van der Waals surface area contributed by atoms with E-state index in [4.69, 9.17) is 10.5 Å². The average Bonchev–Trinajstić information content (AvgIpc) is 2.53. The van der Waals surface area contributed by atoms with Crippen molar-refractivity contribution in [3.8, 4) is 0 Å². The van der Waals surface area contributed by atoms with Crippen LogP contribution in [0.2, 0.25) is 0 Å². The van der Waals surface area contributed by atoms with E-state index in [1.54, 1.807) is 6.20 Å². The topological polar surface area (TPSA) is 75.8 Å². The number of nitrogens with one attached hydrogen (secondary N) is 1. The zero-order chi connectivity index (χ0) is 17.6. The summed E-state index contributed by atoms with van der Waals surface area (Å²) in [5, 5.41) is 3.17. The molecular formula is C18H32IN5O. The number of hydrogen-bond acceptors (Lipinski definition) is 4. The number of morpholine rings is 1. The van der Waals surface area contributed by atoms with Crippen molar-refractivity contribution in [3.05, 3.63) is 30.1 Å². The van der Waals surface area contributed by atoms with Crippen molar-refractivity contribution < 1.29 is 4.74 Å². The lowest BCUT2D eigenvalue weighted by Gasteiger charge is -2.44. The van der Waals surface area contributed by atoms with Crippen molar-refractivity contribution in [2.24, 2.45) is 10.7 Å². The summed E-state index contributed by atoms with van der Waals surface area (Å²) in [5.41, 5.74) is 7.01. The molecule has 1 aromatic heterocycles. The summed E-state index contributed by atoms with van der Waals surface area (Å²) in [5.74, 6) is 0.494. The Morgan fingerprint density at radius 2 is 2.04 bits per heavy atom. The molecule has 0 radical (unpaired) electrons. The molecule has 1 fully saturated rings. The number of ether oxygens (including phenoxy) is 1. The van der Waals surface area contributed by atoms with Gasteiger partial charge in [-0.05, 0) is 39.8 Å². The highest BCUT2D eigenvalue weighted by Gasteiger charge is 2.32. The molecule has 2 rings (SSSR count). The molecule has 3 N–H and O–H groups in total. The summed E-state index contributed by atoms with van der Waals surface area (Å²) in [6.45, 7) is 11.9. The van der Waals surface area contributed by atoms with Gasteiger partial charge in [-0.15, -0.1) is 24.0 Å². The zero-order valence-corrected chi connectivity index (χ0v) is 18.1. The van der Waals surface area contributed by atoms with Crippen LogP contribution in [-0.4, -0.2) is 59.8 Å². The van der Waals surface area contributed by atoms with Crippen LogP contribution in [-0.2, 0) is 11.2 Å². The molecular weight excluding hydrogens is 429 g/mol. The largest absolute Gasteiger partial charge is 0.373 e. The van der Waals surface area contributed by atoms with Crippen LogP contribution in [0.3, 0.4) is 0 Å². The van der Waals surface area contributed by atoms with Crippen molar-refractivity contribution in [2.45, 2.75) is 51.9 Å². The molecule has 25 heavy (non-hydrogen) atoms. The van der Waals surface area contributed by atoms with Gasteiger partial charge in [-0.1, -0.05) is 6.07 Å². The molecule has 0 amide bonds. The lowest BCUT2D eigenvalue weighted by molar-refractivity contribution is -0.0939. The van der Waals surface area contributed by atoms with E-state index in [2.05, 4.69) is 47.9 Å². The quantitative estimate of drug-likeness (QED) is 0.385. The molecule has 0 aromatic carbocycles. The highest BCUT2D eigenvalue weighted by atomic mass is 127. The number of aromatic nitrogens is 1. The monoisotopic (exact) mass is 461 g/mol. The molecule has 7 heteroatoms. The third-order valence-electron chi connectivity index (χ3n) is 4.33. The predicted octanol–water partition coefficient (Wildman–Crippen LogP) is 2.03. The SMILES string of the molecule is CC1CN(C(C)(C)CN=C(N)NCCc2ccccn2)CC(C)O1.I. The van der Waals surface area contributed by atoms with Crippen molar-refractivity contribution in [2.75, 3.05) is 26.2 Å². The maximum Gasteiger partial charge on any atom is 0.188 e. The second-order valence-electron chi connectivity index (χ2n) is 7.17. The fourth-order valence-electron chi connectivity index (χ4n) is 2.97. The van der Waals surface area contributed by atoms with Crippen LogP contribution in [0.1, 0.15) is 33.4 Å². The van der Waals surface area contributed by atoms with Gasteiger partial charge in [0.2, 0.25) is 0 Å². The lowest BCUT2D eigenvalue weighted by atomic mass is 10.0. The normalized spacial score (nSPS) is 22.3. The van der Waals surface area contributed by atoms with Crippen molar-refractivity contribution in [3.63, 3.8) is 0 Å². The molecule has 1 aliphatic heterocycles. The van der Waals surface area contributed by atoms with Crippen molar-refractivity contribution in [1.29, 1.82) is 0 Å². The van der Waals surface area contributed by atoms with Gasteiger partial charge < -0.3 is 15.8 Å². The zero-order valence-electron chi connectivity index (χ0n) is 15.7. The summed E-state index contributed by atoms with van der Waals surface area (Å²) in [6.07, 6.45) is 3.15. The molecule has 1 saturated heterocycles. The first-order valence-corrected chi connectivity index (χ1v) is 8.71. The van der Waals surface area contributed by atoms with Gasteiger partial charge in [-0.2, -0.15) is 0 Å². The van der Waals surface area contributed by atoms with E-state index in [1.165, 1.54) is 0 Å². The smallest absolute Gasteiger partial charge is 0.188 e. The van der Waals surface area contributed by atoms with Crippen LogP contribution in [0.15, 0.2) is 29.4 Å². The molecule has 6 nitrogen and oxygen atoms in total. The molecule has 142 valence electrons. The Bertz CT molecular complexity index is 528. The molecule has 0 saturated carbocycles. The fraction of sp³-hybridized carbons (Fsp3) is 0.667. The lowest BCUT2D eigenvalue weighted by Crippen LogP contribution is -2.56. The summed E-state index contributed by atoms with van der Waals surface area (Å²) in [6, 6.07) is 5.92. The van der Waals surface area contributed by atoms with Crippen molar-refractivity contribution in [1.82, 2.24) is 15.2 Å². The Balaban J connectivity index is 0.00000312. The Morgan fingerprint density at radius 3 is 2.64 bits per heavy atom. The van der Waals surface area contributed by atoms with E-state index in [1.807, 2.05) is 18.2 Å². The molecule has 0 aliphatic carbocycles. The number of hydrogen-bond donors (Lipinski definition) is 2. The minimum atomic E-state index is -0.0421. The first kappa shape index (κ1) is 22.1. The number of nitrogens with two attached hydrogens (primary N) is 1. The fourth-order valence-corrected chi connectivity index (χ4v) is 2.97. The summed E-state index contributed by atoms with van der Waals surface area (Å²) in [4.78, 5) is 11.3. The van der Waals surface area contributed by atoms with Gasteiger partial charge in [0.1, 0.15) is 0 Å². The summed E-state index contributed by atoms with van der Waals surface area (Å²) >= 11 is 0. The maximum atomic E-state index is 6.00. The molecule has 0 spiro atoms. The van der Waals surface area contributed by atoms with E-state index in [-0.39, 0.29) is 41.7 Å². The van der Waals surface area contributed by atoms with E-state index in [9.17, 15) is 0 Å². The maximum absolute atomic E-state index is 6.00. The van der Waals surface area contributed by atoms with Gasteiger partial charge in [-0.25, -0.2) is 0 Å². The van der Waals surface area contributed by atoms with Gasteiger partial charge in [0.05, 0.1) is 18.8 Å². The van der Waals surface area contributed by atoms with Gasteiger partial charge in [0.25, 0.3) is 0 Å². The number of nitrogens with zero attached hydrogens (tertiary/aromatic N) is 3. The molecule has 1 aromatic rings. The Kier molecular flexibility index (Phi) is 9.09. The third-order valence-corrected chi connectivity index (χ3v) is 4.33. The minimum Gasteiger partial charge on any atom is -0.373 e. The Morgan fingerprint density at radius 1 is 1.36 bits per heavy atom. The predicted molar refractivity (Wildman–Crippen MR) is 114 cm³/mol. The van der Waals surface area contributed by atoms with E-state index >= 15 is 0 Å². The van der Waals surface area contributed by atoms with Crippen LogP contribution in [0.25, 0.3) is 0 Å². The molecule has 1 aliphatic rings. The first-order valence-electron chi connectivity index (χ1n) is 8.71. The number of guanidine groups is 1. The highest BCUT2D eigenvalue weighted by molar-refractivity contribution is 14.0. The van der Waals surface area contributed by atoms with Crippen LogP contribution in [0.5, 0.6) is 0 Å². The number of aliphatic imine (C=N–C) groups is 1. The number of pyridine rings is 1. The van der Waals surface area contributed by atoms with E-state index in [0.29, 0.717) is 12.5 Å². The molecule has 0 bridgehead atoms. The Hall–Kier alpha value is -0.930. The molecule has 2 unspecified atom stereocenters.